The number of carbonyl (C=O) groups excluding carboxylic acids is 1. The molecule has 1 aliphatic rings. The minimum absolute atomic E-state index is 0.0751. The second-order valence-corrected chi connectivity index (χ2v) is 6.19. The summed E-state index contributed by atoms with van der Waals surface area (Å²) >= 11 is 0. The molecule has 0 unspecified atom stereocenters. The number of nitrogens with one attached hydrogen (secondary N) is 1. The molecule has 1 saturated carbocycles. The summed E-state index contributed by atoms with van der Waals surface area (Å²) in [5.74, 6) is 0.493. The SMILES string of the molecule is CC(C)(C)OC(=O)N[C@@H]1C[C@H](CN)C1(C)C. The molecule has 2 atom stereocenters. The summed E-state index contributed by atoms with van der Waals surface area (Å²) < 4.78 is 5.22. The Kier molecular flexibility index (Phi) is 3.53. The fourth-order valence-electron chi connectivity index (χ4n) is 2.11. The number of rotatable bonds is 2. The van der Waals surface area contributed by atoms with Gasteiger partial charge in [0.1, 0.15) is 5.60 Å². The highest BCUT2D eigenvalue weighted by Gasteiger charge is 2.48. The monoisotopic (exact) mass is 228 g/mol. The van der Waals surface area contributed by atoms with Crippen molar-refractivity contribution in [3.63, 3.8) is 0 Å². The molecule has 3 N–H and O–H groups in total. The molecule has 0 aromatic carbocycles. The van der Waals surface area contributed by atoms with Crippen LogP contribution in [0.4, 0.5) is 4.79 Å². The Balaban J connectivity index is 2.43. The first-order valence-corrected chi connectivity index (χ1v) is 5.86. The third kappa shape index (κ3) is 2.88. The first-order valence-electron chi connectivity index (χ1n) is 5.86. The predicted octanol–water partition coefficient (Wildman–Crippen LogP) is 1.88. The van der Waals surface area contributed by atoms with Gasteiger partial charge in [-0.25, -0.2) is 4.79 Å². The Hall–Kier alpha value is -0.770. The topological polar surface area (TPSA) is 64.3 Å². The van der Waals surface area contributed by atoms with Gasteiger partial charge in [-0.05, 0) is 45.1 Å². The lowest BCUT2D eigenvalue weighted by Crippen LogP contribution is -2.60. The first-order chi connectivity index (χ1) is 7.16. The zero-order chi connectivity index (χ0) is 12.6. The number of amides is 1. The van der Waals surface area contributed by atoms with Crippen LogP contribution in [0.1, 0.15) is 41.0 Å². The van der Waals surface area contributed by atoms with E-state index in [1.807, 2.05) is 20.8 Å². The van der Waals surface area contributed by atoms with Gasteiger partial charge in [-0.15, -0.1) is 0 Å². The first kappa shape index (κ1) is 13.3. The van der Waals surface area contributed by atoms with Gasteiger partial charge in [0.2, 0.25) is 0 Å². The molecular formula is C12H24N2O2. The lowest BCUT2D eigenvalue weighted by molar-refractivity contribution is 0.00167. The largest absolute Gasteiger partial charge is 0.444 e. The molecule has 0 radical (unpaired) electrons. The summed E-state index contributed by atoms with van der Waals surface area (Å²) in [4.78, 5) is 11.6. The summed E-state index contributed by atoms with van der Waals surface area (Å²) in [7, 11) is 0. The smallest absolute Gasteiger partial charge is 0.407 e. The van der Waals surface area contributed by atoms with Crippen LogP contribution in [-0.2, 0) is 4.74 Å². The Morgan fingerprint density at radius 2 is 2.06 bits per heavy atom. The van der Waals surface area contributed by atoms with E-state index in [-0.39, 0.29) is 17.6 Å². The third-order valence-electron chi connectivity index (χ3n) is 3.45. The minimum Gasteiger partial charge on any atom is -0.444 e. The van der Waals surface area contributed by atoms with Gasteiger partial charge < -0.3 is 15.8 Å². The van der Waals surface area contributed by atoms with Crippen molar-refractivity contribution >= 4 is 6.09 Å². The molecule has 0 bridgehead atoms. The Morgan fingerprint density at radius 1 is 1.50 bits per heavy atom. The molecule has 94 valence electrons. The molecule has 16 heavy (non-hydrogen) atoms. The van der Waals surface area contributed by atoms with Crippen molar-refractivity contribution in [2.45, 2.75) is 52.7 Å². The van der Waals surface area contributed by atoms with Crippen LogP contribution in [0.25, 0.3) is 0 Å². The van der Waals surface area contributed by atoms with Crippen molar-refractivity contribution < 1.29 is 9.53 Å². The van der Waals surface area contributed by atoms with Crippen LogP contribution in [0, 0.1) is 11.3 Å². The summed E-state index contributed by atoms with van der Waals surface area (Å²) in [6, 6.07) is 0.177. The Labute approximate surface area is 97.9 Å². The molecule has 0 aliphatic heterocycles. The highest BCUT2D eigenvalue weighted by atomic mass is 16.6. The number of nitrogens with two attached hydrogens (primary N) is 1. The maximum absolute atomic E-state index is 11.6. The molecule has 0 spiro atoms. The molecule has 4 heteroatoms. The number of carbonyl (C=O) groups is 1. The lowest BCUT2D eigenvalue weighted by Gasteiger charge is -2.51. The average Bonchev–Trinajstić information content (AvgIpc) is 2.08. The third-order valence-corrected chi connectivity index (χ3v) is 3.45. The van der Waals surface area contributed by atoms with Gasteiger partial charge in [0.25, 0.3) is 0 Å². The molecule has 0 aromatic heterocycles. The van der Waals surface area contributed by atoms with Gasteiger partial charge in [-0.2, -0.15) is 0 Å². The Morgan fingerprint density at radius 3 is 2.44 bits per heavy atom. The van der Waals surface area contributed by atoms with Gasteiger partial charge in [0, 0.05) is 6.04 Å². The standard InChI is InChI=1S/C12H24N2O2/c1-11(2,3)16-10(15)14-9-6-8(7-13)12(9,4)5/h8-9H,6-7,13H2,1-5H3,(H,14,15)/t8-,9-/m1/s1. The summed E-state index contributed by atoms with van der Waals surface area (Å²) in [6.45, 7) is 10.5. The Bertz CT molecular complexity index is 269. The van der Waals surface area contributed by atoms with Gasteiger partial charge in [-0.1, -0.05) is 13.8 Å². The van der Waals surface area contributed by atoms with E-state index in [0.29, 0.717) is 12.5 Å². The van der Waals surface area contributed by atoms with Crippen LogP contribution in [0.2, 0.25) is 0 Å². The maximum Gasteiger partial charge on any atom is 0.407 e. The van der Waals surface area contributed by atoms with E-state index in [2.05, 4.69) is 19.2 Å². The molecule has 0 heterocycles. The molecule has 1 rings (SSSR count). The van der Waals surface area contributed by atoms with E-state index < -0.39 is 5.60 Å². The van der Waals surface area contributed by atoms with E-state index in [4.69, 9.17) is 10.5 Å². The van der Waals surface area contributed by atoms with Crippen LogP contribution in [-0.4, -0.2) is 24.3 Å². The molecular weight excluding hydrogens is 204 g/mol. The molecule has 4 nitrogen and oxygen atoms in total. The van der Waals surface area contributed by atoms with E-state index in [0.717, 1.165) is 6.42 Å². The van der Waals surface area contributed by atoms with Crippen molar-refractivity contribution in [2.24, 2.45) is 17.1 Å². The average molecular weight is 228 g/mol. The molecule has 1 amide bonds. The molecule has 0 aromatic rings. The fourth-order valence-corrected chi connectivity index (χ4v) is 2.11. The maximum atomic E-state index is 11.6. The van der Waals surface area contributed by atoms with E-state index in [1.165, 1.54) is 0 Å². The van der Waals surface area contributed by atoms with E-state index >= 15 is 0 Å². The zero-order valence-electron chi connectivity index (χ0n) is 11.0. The quantitative estimate of drug-likeness (QED) is 0.758. The van der Waals surface area contributed by atoms with Crippen molar-refractivity contribution in [3.05, 3.63) is 0 Å². The van der Waals surface area contributed by atoms with Gasteiger partial charge in [0.05, 0.1) is 0 Å². The molecule has 1 fully saturated rings. The second-order valence-electron chi connectivity index (χ2n) is 6.19. The normalized spacial score (nSPS) is 28.1. The fraction of sp³-hybridized carbons (Fsp3) is 0.917. The lowest BCUT2D eigenvalue weighted by atomic mass is 9.58. The second kappa shape index (κ2) is 4.24. The van der Waals surface area contributed by atoms with Crippen molar-refractivity contribution in [3.8, 4) is 0 Å². The van der Waals surface area contributed by atoms with Gasteiger partial charge in [0.15, 0.2) is 0 Å². The van der Waals surface area contributed by atoms with Crippen molar-refractivity contribution in [2.75, 3.05) is 6.54 Å². The summed E-state index contributed by atoms with van der Waals surface area (Å²) in [5, 5.41) is 2.91. The van der Waals surface area contributed by atoms with Gasteiger partial charge in [-0.3, -0.25) is 0 Å². The van der Waals surface area contributed by atoms with Crippen LogP contribution >= 0.6 is 0 Å². The van der Waals surface area contributed by atoms with Crippen LogP contribution in [0.5, 0.6) is 0 Å². The minimum atomic E-state index is -0.439. The number of ether oxygens (including phenoxy) is 1. The predicted molar refractivity (Wildman–Crippen MR) is 64.1 cm³/mol. The van der Waals surface area contributed by atoms with Crippen molar-refractivity contribution in [1.29, 1.82) is 0 Å². The molecule has 1 aliphatic carbocycles. The van der Waals surface area contributed by atoms with Crippen LogP contribution < -0.4 is 11.1 Å². The molecule has 0 saturated heterocycles. The number of hydrogen-bond donors (Lipinski definition) is 2. The van der Waals surface area contributed by atoms with Crippen LogP contribution in [0.15, 0.2) is 0 Å². The number of hydrogen-bond acceptors (Lipinski definition) is 3. The van der Waals surface area contributed by atoms with Crippen molar-refractivity contribution in [1.82, 2.24) is 5.32 Å². The van der Waals surface area contributed by atoms with E-state index in [9.17, 15) is 4.79 Å². The highest BCUT2D eigenvalue weighted by Crippen LogP contribution is 2.45. The number of alkyl carbamates (subject to hydrolysis) is 1. The highest BCUT2D eigenvalue weighted by molar-refractivity contribution is 5.68. The summed E-state index contributed by atoms with van der Waals surface area (Å²) in [6.07, 6.45) is 0.615. The van der Waals surface area contributed by atoms with Gasteiger partial charge >= 0.3 is 6.09 Å². The van der Waals surface area contributed by atoms with E-state index in [1.54, 1.807) is 0 Å². The zero-order valence-corrected chi connectivity index (χ0v) is 11.0. The van der Waals surface area contributed by atoms with Crippen LogP contribution in [0.3, 0.4) is 0 Å². The summed E-state index contributed by atoms with van der Waals surface area (Å²) in [5.41, 5.74) is 5.30.